The Labute approximate surface area is 646 Å². The molecule has 0 aliphatic heterocycles. The third kappa shape index (κ3) is 12.3. The first-order chi connectivity index (χ1) is 53.1. The van der Waals surface area contributed by atoms with Crippen LogP contribution >= 0.6 is 0 Å². The highest BCUT2D eigenvalue weighted by Gasteiger charge is 2.62. The topological polar surface area (TPSA) is 135 Å². The van der Waals surface area contributed by atoms with E-state index in [9.17, 15) is 19.8 Å². The lowest BCUT2D eigenvalue weighted by atomic mass is 9.47. The zero-order valence-electron chi connectivity index (χ0n) is 69.9. The number of allylic oxidation sites excluding steroid dienone is 13. The number of ketones is 1. The van der Waals surface area contributed by atoms with Gasteiger partial charge in [0.1, 0.15) is 11.9 Å². The molecule has 0 aromatic carbocycles. The maximum Gasteiger partial charge on any atom is 0.302 e. The first kappa shape index (κ1) is 68.6. The molecular formula is C98H124N4O5. The number of fused-ring (bicyclic) bond motifs is 20. The number of hydrogen-bond donors (Lipinski definition) is 2. The highest BCUT2D eigenvalue weighted by atomic mass is 16.5. The van der Waals surface area contributed by atoms with Gasteiger partial charge in [0.15, 0.2) is 0 Å². The summed E-state index contributed by atoms with van der Waals surface area (Å²) in [6, 6.07) is 13.9. The van der Waals surface area contributed by atoms with E-state index in [0.29, 0.717) is 88.6 Å². The summed E-state index contributed by atoms with van der Waals surface area (Å²) in [6.45, 7) is 21.1. The number of ether oxygens (including phenoxy) is 1. The first-order valence-corrected chi connectivity index (χ1v) is 42.4. The van der Waals surface area contributed by atoms with E-state index >= 15 is 0 Å². The zero-order valence-corrected chi connectivity index (χ0v) is 65.9. The zero-order chi connectivity index (χ0) is 77.5. The van der Waals surface area contributed by atoms with Crippen molar-refractivity contribution in [2.45, 2.75) is 260 Å². The summed E-state index contributed by atoms with van der Waals surface area (Å²) in [6.07, 6.45) is 60.3. The predicted molar refractivity (Wildman–Crippen MR) is 430 cm³/mol. The Balaban J connectivity index is 0.000000108. The molecule has 4 aromatic heterocycles. The molecule has 12 unspecified atom stereocenters. The predicted octanol–water partition coefficient (Wildman–Crippen LogP) is 22.4. The Morgan fingerprint density at radius 2 is 0.794 bits per heavy atom. The van der Waals surface area contributed by atoms with E-state index < -0.39 is 0 Å². The van der Waals surface area contributed by atoms with Crippen LogP contribution in [0.2, 0.25) is 0 Å². The minimum Gasteiger partial charge on any atom is -0.462 e. The number of carbonyl (C=O) groups is 2. The van der Waals surface area contributed by atoms with Crippen LogP contribution in [0.1, 0.15) is 270 Å². The van der Waals surface area contributed by atoms with Gasteiger partial charge in [-0.05, 0) is 344 Å². The molecule has 9 heteroatoms. The lowest BCUT2D eigenvalue weighted by molar-refractivity contribution is -0.148. The van der Waals surface area contributed by atoms with Crippen molar-refractivity contribution in [2.75, 3.05) is 0 Å². The van der Waals surface area contributed by atoms with Gasteiger partial charge in [-0.15, -0.1) is 0 Å². The summed E-state index contributed by atoms with van der Waals surface area (Å²) in [5.41, 5.74) is 17.3. The van der Waals surface area contributed by atoms with E-state index in [1.165, 1.54) is 109 Å². The Morgan fingerprint density at radius 1 is 0.411 bits per heavy atom. The van der Waals surface area contributed by atoms with Gasteiger partial charge in [0.05, 0.1) is 17.7 Å². The average Bonchev–Trinajstić information content (AvgIpc) is 1.68. The number of pyridine rings is 4. The molecule has 8 saturated carbocycles. The molecule has 107 heavy (non-hydrogen) atoms. The highest BCUT2D eigenvalue weighted by Crippen LogP contribution is 2.71. The number of aliphatic hydroxyl groups is 2. The van der Waals surface area contributed by atoms with Crippen molar-refractivity contribution in [2.24, 2.45) is 114 Å². The number of aromatic nitrogens is 4. The van der Waals surface area contributed by atoms with Crippen LogP contribution in [0.3, 0.4) is 0 Å². The minimum absolute atomic E-state index is 0.0630. The van der Waals surface area contributed by atoms with Crippen LogP contribution in [-0.2, 0) is 14.3 Å². The molecular weight excluding hydrogens is 1310 g/mol. The third-order valence-corrected chi connectivity index (χ3v) is 34.3. The van der Waals surface area contributed by atoms with E-state index in [0.717, 1.165) is 168 Å². The van der Waals surface area contributed by atoms with Gasteiger partial charge in [0.25, 0.3) is 0 Å². The normalized spacial score (nSPS) is 43.4. The molecule has 20 rings (SSSR count). The van der Waals surface area contributed by atoms with Gasteiger partial charge >= 0.3 is 5.97 Å². The Kier molecular flexibility index (Phi) is 18.0. The van der Waals surface area contributed by atoms with Crippen LogP contribution in [0.4, 0.5) is 0 Å². The van der Waals surface area contributed by atoms with E-state index in [1.54, 1.807) is 18.6 Å². The fraction of sp³-hybridized carbons (Fsp3) is 0.612. The summed E-state index contributed by atoms with van der Waals surface area (Å²) in [5.74, 6) is 8.49. The number of Topliss-reactive ketones (excluding diaryl/α,β-unsaturated/α-hetero) is 1. The standard InChI is InChI=1S/C26H33NO2.2C24H31NO.C24H29NO/c1-17(28)29-20-10-12-25(2)19(15-20)6-7-21-23-9-8-22(18-5-4-14-27-16-18)26(23,3)13-11-24(21)25;3*1-23-11-9-18(26)14-17(23)5-6-19-21-8-7-20(16-4-3-13-25-15-16)24(21,2)12-10-22(19)23/h4-6,8,14,16,20-21,23-24H,7,9-13,15H2,1-3H3;2*3-5,7,13,15,18-19,21-22,26H,6,8-12,14H2,1-2H3;3-5,7,13,15,19,21-22H,6,8-12,14H2,1-2H3/t20-,21?,23?,24?,25-,26+;2*18-,19?,21?,22?,23-,24+;19?,21?,22?,23-,24+/m0000/s1/i5D;15D;4D;7D. The Bertz CT molecular complexity index is 4450. The molecule has 566 valence electrons. The molecule has 16 aliphatic rings. The highest BCUT2D eigenvalue weighted by molar-refractivity contribution is 5.83. The molecule has 4 aromatic rings. The fourth-order valence-electron chi connectivity index (χ4n) is 28.5. The van der Waals surface area contributed by atoms with Crippen LogP contribution in [0.5, 0.6) is 0 Å². The van der Waals surface area contributed by atoms with Gasteiger partial charge in [-0.25, -0.2) is 0 Å². The molecule has 2 N–H and O–H groups in total. The fourth-order valence-corrected chi connectivity index (χ4v) is 28.5. The smallest absolute Gasteiger partial charge is 0.302 e. The van der Waals surface area contributed by atoms with Crippen LogP contribution < -0.4 is 0 Å². The third-order valence-electron chi connectivity index (χ3n) is 34.3. The van der Waals surface area contributed by atoms with Gasteiger partial charge < -0.3 is 14.9 Å². The monoisotopic (exact) mass is 1440 g/mol. The van der Waals surface area contributed by atoms with Crippen molar-refractivity contribution in [3.05, 3.63) is 191 Å². The molecule has 0 spiro atoms. The van der Waals surface area contributed by atoms with Crippen molar-refractivity contribution < 1.29 is 30.0 Å². The lowest BCUT2D eigenvalue weighted by Crippen LogP contribution is -2.50. The molecule has 16 aliphatic carbocycles. The van der Waals surface area contributed by atoms with Gasteiger partial charge in [0.2, 0.25) is 0 Å². The number of carbonyl (C=O) groups excluding carboxylic acids is 2. The molecule has 8 fully saturated rings. The molecule has 0 radical (unpaired) electrons. The second-order valence-electron chi connectivity index (χ2n) is 38.9. The van der Waals surface area contributed by atoms with Gasteiger partial charge in [0, 0.05) is 75.7 Å². The lowest BCUT2D eigenvalue weighted by Gasteiger charge is -2.57. The molecule has 0 amide bonds. The minimum atomic E-state index is -0.153. The van der Waals surface area contributed by atoms with Crippen molar-refractivity contribution in [3.63, 3.8) is 0 Å². The summed E-state index contributed by atoms with van der Waals surface area (Å²) in [4.78, 5) is 40.7. The van der Waals surface area contributed by atoms with Crippen LogP contribution in [-0.4, -0.2) is 60.2 Å². The quantitative estimate of drug-likeness (QED) is 0.148. The van der Waals surface area contributed by atoms with Crippen molar-refractivity contribution in [1.29, 1.82) is 0 Å². The van der Waals surface area contributed by atoms with Crippen molar-refractivity contribution in [1.82, 2.24) is 19.9 Å². The van der Waals surface area contributed by atoms with E-state index in [2.05, 4.69) is 130 Å². The summed E-state index contributed by atoms with van der Waals surface area (Å²) in [5, 5.41) is 20.3. The number of rotatable bonds is 5. The molecule has 0 bridgehead atoms. The maximum atomic E-state index is 12.0. The van der Waals surface area contributed by atoms with Crippen molar-refractivity contribution >= 4 is 34.0 Å². The summed E-state index contributed by atoms with van der Waals surface area (Å²) >= 11 is 0. The number of nitrogens with zero attached hydrogens (tertiary/aromatic N) is 4. The number of hydrogen-bond acceptors (Lipinski definition) is 9. The SMILES string of the molecule is [2H]C1=C(c2cccnc2)[C@@]2(C)CCC3C(CC=C4CC(=O)CC[C@@]43C)C2C1.[2H]c1ccncc1C1=CCC2C3CC=C4C[C@@H](O)CC[C@]4(C)C3CC[C@]12C.[2H]c1ccncc1C1=CCC2C3CC=C4C[C@@H](OC(C)=O)CC[C@]4(C)C3CC[C@]12C.[2H]c1ncccc1C1=CCC2C3CC=C4C[C@@H](O)CC[C@]4(C)C3CC[C@]12C. The Morgan fingerprint density at radius 3 is 1.25 bits per heavy atom. The Hall–Kier alpha value is -6.42. The number of esters is 1. The van der Waals surface area contributed by atoms with Crippen LogP contribution in [0.15, 0.2) is 169 Å². The average molecular weight is 1440 g/mol. The van der Waals surface area contributed by atoms with Crippen LogP contribution in [0, 0.1) is 114 Å². The molecule has 23 atom stereocenters. The van der Waals surface area contributed by atoms with Crippen LogP contribution in [0.25, 0.3) is 22.3 Å². The number of aliphatic hydroxyl groups excluding tert-OH is 2. The summed E-state index contributed by atoms with van der Waals surface area (Å²) in [7, 11) is 0. The largest absolute Gasteiger partial charge is 0.462 e. The maximum absolute atomic E-state index is 12.0. The molecule has 0 saturated heterocycles. The summed E-state index contributed by atoms with van der Waals surface area (Å²) < 4.78 is 39.4. The second kappa shape index (κ2) is 28.1. The molecule has 9 nitrogen and oxygen atoms in total. The van der Waals surface area contributed by atoms with Crippen molar-refractivity contribution in [3.8, 4) is 0 Å². The van der Waals surface area contributed by atoms with E-state index in [4.69, 9.17) is 10.2 Å². The second-order valence-corrected chi connectivity index (χ2v) is 38.9. The van der Waals surface area contributed by atoms with E-state index in [-0.39, 0.29) is 56.8 Å². The first-order valence-electron chi connectivity index (χ1n) is 44.4. The van der Waals surface area contributed by atoms with E-state index in [1.807, 2.05) is 49.1 Å². The van der Waals surface area contributed by atoms with Gasteiger partial charge in [-0.2, -0.15) is 0 Å². The molecule has 4 heterocycles. The van der Waals surface area contributed by atoms with Gasteiger partial charge in [-0.3, -0.25) is 29.5 Å². The van der Waals surface area contributed by atoms with Gasteiger partial charge in [-0.1, -0.05) is 150 Å².